The summed E-state index contributed by atoms with van der Waals surface area (Å²) in [5, 5.41) is 0. The Morgan fingerprint density at radius 2 is 2.08 bits per heavy atom. The van der Waals surface area contributed by atoms with Crippen LogP contribution in [0, 0.1) is 0 Å². The molecule has 1 aromatic rings. The van der Waals surface area contributed by atoms with Crippen LogP contribution in [-0.4, -0.2) is 13.7 Å². The van der Waals surface area contributed by atoms with Crippen molar-refractivity contribution in [1.29, 1.82) is 0 Å². The molecule has 13 heavy (non-hydrogen) atoms. The highest BCUT2D eigenvalue weighted by molar-refractivity contribution is 5.40. The van der Waals surface area contributed by atoms with E-state index < -0.39 is 0 Å². The second-order valence-electron chi connectivity index (χ2n) is 2.53. The van der Waals surface area contributed by atoms with Crippen molar-refractivity contribution >= 4 is 5.69 Å². The van der Waals surface area contributed by atoms with E-state index in [4.69, 9.17) is 11.5 Å². The molecule has 3 nitrogen and oxygen atoms in total. The molecular formula is C10H22N2O. The Hall–Kier alpha value is -1.06. The van der Waals surface area contributed by atoms with E-state index in [0.29, 0.717) is 6.54 Å². The van der Waals surface area contributed by atoms with E-state index in [0.717, 1.165) is 17.9 Å². The first-order valence-electron chi connectivity index (χ1n) is 4.28. The van der Waals surface area contributed by atoms with Crippen LogP contribution in [0.15, 0.2) is 24.3 Å². The molecule has 0 bridgehead atoms. The van der Waals surface area contributed by atoms with Gasteiger partial charge in [0.2, 0.25) is 0 Å². The fraction of sp³-hybridized carbons (Fsp3) is 0.400. The summed E-state index contributed by atoms with van der Waals surface area (Å²) in [4.78, 5) is 0. The van der Waals surface area contributed by atoms with Gasteiger partial charge in [0.05, 0.1) is 0 Å². The lowest BCUT2D eigenvalue weighted by atomic mass is 10.2. The predicted molar refractivity (Wildman–Crippen MR) is 60.5 cm³/mol. The maximum Gasteiger partial charge on any atom is 0.0433 e. The molecule has 0 amide bonds. The molecule has 0 aliphatic carbocycles. The molecule has 0 fully saturated rings. The number of nitrogen functional groups attached to an aromatic ring is 1. The van der Waals surface area contributed by atoms with Gasteiger partial charge in [0.15, 0.2) is 0 Å². The molecule has 4 N–H and O–H groups in total. The molecule has 0 saturated carbocycles. The average Bonchev–Trinajstić information content (AvgIpc) is 2.18. The monoisotopic (exact) mass is 186 g/mol. The summed E-state index contributed by atoms with van der Waals surface area (Å²) >= 11 is 0. The zero-order valence-electron chi connectivity index (χ0n) is 8.29. The second kappa shape index (κ2) is 7.58. The summed E-state index contributed by atoms with van der Waals surface area (Å²) in [5.74, 6) is 0. The van der Waals surface area contributed by atoms with Gasteiger partial charge in [-0.2, -0.15) is 0 Å². The van der Waals surface area contributed by atoms with Crippen LogP contribution in [-0.2, 0) is 11.3 Å². The van der Waals surface area contributed by atoms with E-state index in [-0.39, 0.29) is 2.85 Å². The molecule has 0 spiro atoms. The van der Waals surface area contributed by atoms with Gasteiger partial charge < -0.3 is 16.2 Å². The molecule has 78 valence electrons. The first-order chi connectivity index (χ1) is 6.24. The summed E-state index contributed by atoms with van der Waals surface area (Å²) in [6.45, 7) is 3.34. The Labute approximate surface area is 82.7 Å². The van der Waals surface area contributed by atoms with E-state index >= 15 is 0 Å². The van der Waals surface area contributed by atoms with Crippen molar-refractivity contribution in [2.24, 2.45) is 5.73 Å². The average molecular weight is 186 g/mol. The van der Waals surface area contributed by atoms with Crippen molar-refractivity contribution in [3.05, 3.63) is 29.8 Å². The minimum Gasteiger partial charge on any atom is -0.399 e. The zero-order valence-corrected chi connectivity index (χ0v) is 8.29. The number of hydrogen-bond donors (Lipinski definition) is 2. The molecule has 1 aromatic carbocycles. The van der Waals surface area contributed by atoms with Gasteiger partial charge in [0, 0.05) is 28.8 Å². The fourth-order valence-electron chi connectivity index (χ4n) is 0.720. The Morgan fingerprint density at radius 3 is 2.38 bits per heavy atom. The number of hydrogen-bond acceptors (Lipinski definition) is 3. The number of nitrogens with two attached hydrogens (primary N) is 2. The van der Waals surface area contributed by atoms with Crippen molar-refractivity contribution in [2.45, 2.75) is 13.5 Å². The van der Waals surface area contributed by atoms with Crippen LogP contribution in [0.4, 0.5) is 5.69 Å². The summed E-state index contributed by atoms with van der Waals surface area (Å²) in [7, 11) is 1.68. The van der Waals surface area contributed by atoms with Crippen molar-refractivity contribution in [3.8, 4) is 0 Å². The van der Waals surface area contributed by atoms with E-state index in [1.807, 2.05) is 31.2 Å². The molecule has 0 aromatic heterocycles. The van der Waals surface area contributed by atoms with Crippen LogP contribution in [0.1, 0.15) is 15.3 Å². The van der Waals surface area contributed by atoms with Crippen molar-refractivity contribution in [1.82, 2.24) is 0 Å². The molecule has 0 heterocycles. The lowest BCUT2D eigenvalue weighted by Crippen LogP contribution is -1.96. The quantitative estimate of drug-likeness (QED) is 0.693. The zero-order chi connectivity index (χ0) is 10.1. The molecule has 0 unspecified atom stereocenters. The Balaban J connectivity index is -0.000000213. The molecule has 0 radical (unpaired) electrons. The number of rotatable bonds is 2. The van der Waals surface area contributed by atoms with E-state index in [2.05, 4.69) is 4.74 Å². The summed E-state index contributed by atoms with van der Waals surface area (Å²) < 4.78 is 4.54. The standard InChI is InChI=1S/C7H10N2.C3H8O.2H2/c8-5-6-2-1-3-7(9)4-6;1-3-4-2;;/h1-4H,5,8-9H2;3H2,1-2H3;2*1H. The highest BCUT2D eigenvalue weighted by atomic mass is 16.5. The second-order valence-corrected chi connectivity index (χ2v) is 2.53. The molecule has 0 aliphatic heterocycles. The van der Waals surface area contributed by atoms with Gasteiger partial charge in [-0.3, -0.25) is 0 Å². The highest BCUT2D eigenvalue weighted by Gasteiger charge is 1.86. The van der Waals surface area contributed by atoms with Gasteiger partial charge >= 0.3 is 0 Å². The van der Waals surface area contributed by atoms with E-state index in [9.17, 15) is 0 Å². The van der Waals surface area contributed by atoms with Crippen LogP contribution in [0.25, 0.3) is 0 Å². The molecule has 0 saturated heterocycles. The molecular weight excluding hydrogens is 164 g/mol. The largest absolute Gasteiger partial charge is 0.399 e. The van der Waals surface area contributed by atoms with Crippen LogP contribution in [0.2, 0.25) is 0 Å². The van der Waals surface area contributed by atoms with Crippen LogP contribution < -0.4 is 11.5 Å². The van der Waals surface area contributed by atoms with Crippen molar-refractivity contribution in [3.63, 3.8) is 0 Å². The fourth-order valence-corrected chi connectivity index (χ4v) is 0.720. The topological polar surface area (TPSA) is 61.3 Å². The smallest absolute Gasteiger partial charge is 0.0433 e. The van der Waals surface area contributed by atoms with Crippen molar-refractivity contribution in [2.75, 3.05) is 19.5 Å². The lowest BCUT2D eigenvalue weighted by Gasteiger charge is -1.95. The van der Waals surface area contributed by atoms with Crippen LogP contribution >= 0.6 is 0 Å². The maximum absolute atomic E-state index is 5.48. The van der Waals surface area contributed by atoms with Crippen LogP contribution in [0.5, 0.6) is 0 Å². The van der Waals surface area contributed by atoms with Gasteiger partial charge in [-0.15, -0.1) is 0 Å². The SMILES string of the molecule is CCOC.NCc1cccc(N)c1.[HH].[HH]. The van der Waals surface area contributed by atoms with Gasteiger partial charge in [-0.1, -0.05) is 12.1 Å². The van der Waals surface area contributed by atoms with E-state index in [1.165, 1.54) is 0 Å². The number of methoxy groups -OCH3 is 1. The summed E-state index contributed by atoms with van der Waals surface area (Å²) in [6.07, 6.45) is 0. The van der Waals surface area contributed by atoms with Gasteiger partial charge in [0.25, 0.3) is 0 Å². The number of anilines is 1. The van der Waals surface area contributed by atoms with Gasteiger partial charge in [0.1, 0.15) is 0 Å². The van der Waals surface area contributed by atoms with E-state index in [1.54, 1.807) is 7.11 Å². The number of benzene rings is 1. The minimum absolute atomic E-state index is 0. The normalized spacial score (nSPS) is 8.85. The maximum atomic E-state index is 5.48. The molecule has 1 rings (SSSR count). The highest BCUT2D eigenvalue weighted by Crippen LogP contribution is 2.04. The Kier molecular flexibility index (Phi) is 6.96. The predicted octanol–water partition coefficient (Wildman–Crippen LogP) is 1.87. The van der Waals surface area contributed by atoms with Crippen molar-refractivity contribution < 1.29 is 7.59 Å². The molecule has 0 aliphatic rings. The third-order valence-electron chi connectivity index (χ3n) is 1.48. The number of ether oxygens (including phenoxy) is 1. The summed E-state index contributed by atoms with van der Waals surface area (Å²) in [6, 6.07) is 7.58. The first kappa shape index (κ1) is 11.9. The van der Waals surface area contributed by atoms with Crippen LogP contribution in [0.3, 0.4) is 0 Å². The molecule has 0 atom stereocenters. The minimum atomic E-state index is 0. The van der Waals surface area contributed by atoms with Gasteiger partial charge in [-0.25, -0.2) is 0 Å². The van der Waals surface area contributed by atoms with Gasteiger partial charge in [-0.05, 0) is 24.6 Å². The Morgan fingerprint density at radius 1 is 1.46 bits per heavy atom. The lowest BCUT2D eigenvalue weighted by molar-refractivity contribution is 0.215. The third kappa shape index (κ3) is 6.13. The first-order valence-corrected chi connectivity index (χ1v) is 4.28. The third-order valence-corrected chi connectivity index (χ3v) is 1.48. The Bertz CT molecular complexity index is 232. The molecule has 3 heteroatoms. The summed E-state index contributed by atoms with van der Waals surface area (Å²) in [5.41, 5.74) is 12.7.